The summed E-state index contributed by atoms with van der Waals surface area (Å²) in [6.45, 7) is 7.40. The molecule has 2 fully saturated rings. The Balaban J connectivity index is 1.96. The van der Waals surface area contributed by atoms with Gasteiger partial charge in [-0.25, -0.2) is 0 Å². The summed E-state index contributed by atoms with van der Waals surface area (Å²) in [4.78, 5) is 14.3. The molecule has 90 valence electrons. The number of rotatable bonds is 5. The van der Waals surface area contributed by atoms with Crippen molar-refractivity contribution in [1.82, 2.24) is 10.2 Å². The van der Waals surface area contributed by atoms with Crippen LogP contribution >= 0.6 is 0 Å². The van der Waals surface area contributed by atoms with Crippen molar-refractivity contribution in [3.63, 3.8) is 0 Å². The van der Waals surface area contributed by atoms with Crippen LogP contribution in [-0.2, 0) is 4.79 Å². The standard InChI is InChI=1S/C13H22N2O/c1-3-7-15(8-4-2)13(16)11-9-10-5-6-12(11)14-10/h3,10-12,14H,1,4-9H2,2H3. The summed E-state index contributed by atoms with van der Waals surface area (Å²) >= 11 is 0. The van der Waals surface area contributed by atoms with Gasteiger partial charge in [-0.2, -0.15) is 0 Å². The number of carbonyl (C=O) groups is 1. The van der Waals surface area contributed by atoms with Crippen molar-refractivity contribution in [2.75, 3.05) is 13.1 Å². The third-order valence-corrected chi connectivity index (χ3v) is 3.77. The smallest absolute Gasteiger partial charge is 0.227 e. The average Bonchev–Trinajstić information content (AvgIpc) is 2.89. The molecule has 0 spiro atoms. The third-order valence-electron chi connectivity index (χ3n) is 3.77. The topological polar surface area (TPSA) is 32.3 Å². The first-order valence-corrected chi connectivity index (χ1v) is 6.42. The fraction of sp³-hybridized carbons (Fsp3) is 0.769. The summed E-state index contributed by atoms with van der Waals surface area (Å²) in [5.74, 6) is 0.562. The molecule has 0 aromatic carbocycles. The van der Waals surface area contributed by atoms with Crippen LogP contribution in [0.15, 0.2) is 12.7 Å². The summed E-state index contributed by atoms with van der Waals surface area (Å²) in [7, 11) is 0. The van der Waals surface area contributed by atoms with Crippen molar-refractivity contribution in [3.05, 3.63) is 12.7 Å². The molecule has 0 radical (unpaired) electrons. The van der Waals surface area contributed by atoms with E-state index in [1.807, 2.05) is 11.0 Å². The van der Waals surface area contributed by atoms with Gasteiger partial charge in [0.1, 0.15) is 0 Å². The number of nitrogens with one attached hydrogen (secondary N) is 1. The molecule has 3 atom stereocenters. The molecule has 2 bridgehead atoms. The van der Waals surface area contributed by atoms with Crippen LogP contribution < -0.4 is 5.32 Å². The van der Waals surface area contributed by atoms with E-state index in [0.29, 0.717) is 24.5 Å². The number of nitrogens with zero attached hydrogens (tertiary/aromatic N) is 1. The quantitative estimate of drug-likeness (QED) is 0.716. The molecule has 0 saturated carbocycles. The van der Waals surface area contributed by atoms with Gasteiger partial charge in [0.25, 0.3) is 0 Å². The molecule has 3 heteroatoms. The van der Waals surface area contributed by atoms with E-state index in [-0.39, 0.29) is 5.92 Å². The highest BCUT2D eigenvalue weighted by Crippen LogP contribution is 2.34. The Hall–Kier alpha value is -0.830. The summed E-state index contributed by atoms with van der Waals surface area (Å²) in [6.07, 6.45) is 6.32. The lowest BCUT2D eigenvalue weighted by Gasteiger charge is -2.27. The summed E-state index contributed by atoms with van der Waals surface area (Å²) in [5.41, 5.74) is 0. The fourth-order valence-corrected chi connectivity index (χ4v) is 3.05. The van der Waals surface area contributed by atoms with E-state index in [9.17, 15) is 4.79 Å². The molecule has 16 heavy (non-hydrogen) atoms. The SMILES string of the molecule is C=CCN(CCC)C(=O)C1CC2CCC1N2. The van der Waals surface area contributed by atoms with Crippen LogP contribution in [0, 0.1) is 5.92 Å². The van der Waals surface area contributed by atoms with Crippen molar-refractivity contribution < 1.29 is 4.79 Å². The zero-order valence-electron chi connectivity index (χ0n) is 10.1. The lowest BCUT2D eigenvalue weighted by atomic mass is 9.88. The number of hydrogen-bond donors (Lipinski definition) is 1. The minimum Gasteiger partial charge on any atom is -0.339 e. The Kier molecular flexibility index (Phi) is 3.64. The maximum absolute atomic E-state index is 12.4. The number of amides is 1. The van der Waals surface area contributed by atoms with Crippen molar-refractivity contribution in [2.24, 2.45) is 5.92 Å². The van der Waals surface area contributed by atoms with E-state index >= 15 is 0 Å². The Bertz CT molecular complexity index is 277. The van der Waals surface area contributed by atoms with Crippen molar-refractivity contribution in [3.8, 4) is 0 Å². The van der Waals surface area contributed by atoms with E-state index in [1.54, 1.807) is 0 Å². The van der Waals surface area contributed by atoms with Gasteiger partial charge in [0.2, 0.25) is 5.91 Å². The first-order valence-electron chi connectivity index (χ1n) is 6.42. The molecule has 2 aliphatic heterocycles. The van der Waals surface area contributed by atoms with Gasteiger partial charge < -0.3 is 10.2 Å². The maximum Gasteiger partial charge on any atom is 0.227 e. The van der Waals surface area contributed by atoms with E-state index in [4.69, 9.17) is 0 Å². The molecule has 2 saturated heterocycles. The normalized spacial score (nSPS) is 31.7. The number of carbonyl (C=O) groups excluding carboxylic acids is 1. The molecule has 1 N–H and O–H groups in total. The van der Waals surface area contributed by atoms with Gasteiger partial charge >= 0.3 is 0 Å². The molecule has 3 unspecified atom stereocenters. The predicted octanol–water partition coefficient (Wildman–Crippen LogP) is 1.55. The minimum atomic E-state index is 0.227. The molecule has 1 amide bonds. The van der Waals surface area contributed by atoms with Crippen LogP contribution in [0.25, 0.3) is 0 Å². The largest absolute Gasteiger partial charge is 0.339 e. The first-order chi connectivity index (χ1) is 7.76. The summed E-state index contributed by atoms with van der Waals surface area (Å²) in [6, 6.07) is 1.05. The van der Waals surface area contributed by atoms with Crippen LogP contribution in [0.5, 0.6) is 0 Å². The van der Waals surface area contributed by atoms with Gasteiger partial charge in [0, 0.05) is 25.2 Å². The second-order valence-corrected chi connectivity index (χ2v) is 4.96. The lowest BCUT2D eigenvalue weighted by Crippen LogP contribution is -2.41. The summed E-state index contributed by atoms with van der Waals surface area (Å²) < 4.78 is 0. The molecule has 2 aliphatic rings. The van der Waals surface area contributed by atoms with Gasteiger partial charge in [-0.1, -0.05) is 13.0 Å². The zero-order chi connectivity index (χ0) is 11.5. The van der Waals surface area contributed by atoms with Crippen LogP contribution in [0.2, 0.25) is 0 Å². The molecule has 0 aromatic heterocycles. The predicted molar refractivity (Wildman–Crippen MR) is 65.1 cm³/mol. The average molecular weight is 222 g/mol. The third kappa shape index (κ3) is 2.14. The number of hydrogen-bond acceptors (Lipinski definition) is 2. The van der Waals surface area contributed by atoms with E-state index in [0.717, 1.165) is 19.4 Å². The van der Waals surface area contributed by atoms with Crippen LogP contribution in [0.4, 0.5) is 0 Å². The van der Waals surface area contributed by atoms with Crippen LogP contribution in [-0.4, -0.2) is 36.0 Å². The lowest BCUT2D eigenvalue weighted by molar-refractivity contribution is -0.135. The molecule has 0 aromatic rings. The molecular weight excluding hydrogens is 200 g/mol. The highest BCUT2D eigenvalue weighted by atomic mass is 16.2. The van der Waals surface area contributed by atoms with Crippen LogP contribution in [0.3, 0.4) is 0 Å². The van der Waals surface area contributed by atoms with Gasteiger partial charge in [-0.3, -0.25) is 4.79 Å². The molecule has 3 nitrogen and oxygen atoms in total. The maximum atomic E-state index is 12.4. The molecule has 0 aliphatic carbocycles. The van der Waals surface area contributed by atoms with Gasteiger partial charge in [-0.15, -0.1) is 6.58 Å². The van der Waals surface area contributed by atoms with Crippen LogP contribution in [0.1, 0.15) is 32.6 Å². The Morgan fingerprint density at radius 1 is 1.56 bits per heavy atom. The highest BCUT2D eigenvalue weighted by Gasteiger charge is 2.43. The van der Waals surface area contributed by atoms with E-state index in [2.05, 4.69) is 18.8 Å². The molecular formula is C13H22N2O. The fourth-order valence-electron chi connectivity index (χ4n) is 3.05. The highest BCUT2D eigenvalue weighted by molar-refractivity contribution is 5.80. The Labute approximate surface area is 97.9 Å². The van der Waals surface area contributed by atoms with Gasteiger partial charge in [0.15, 0.2) is 0 Å². The zero-order valence-corrected chi connectivity index (χ0v) is 10.1. The minimum absolute atomic E-state index is 0.227. The summed E-state index contributed by atoms with van der Waals surface area (Å²) in [5, 5.41) is 3.52. The Morgan fingerprint density at radius 3 is 2.88 bits per heavy atom. The van der Waals surface area contributed by atoms with Crippen molar-refractivity contribution >= 4 is 5.91 Å². The first kappa shape index (κ1) is 11.6. The van der Waals surface area contributed by atoms with E-state index in [1.165, 1.54) is 12.8 Å². The Morgan fingerprint density at radius 2 is 2.38 bits per heavy atom. The monoisotopic (exact) mass is 222 g/mol. The molecule has 2 rings (SSSR count). The van der Waals surface area contributed by atoms with Gasteiger partial charge in [-0.05, 0) is 25.7 Å². The van der Waals surface area contributed by atoms with Gasteiger partial charge in [0.05, 0.1) is 5.92 Å². The number of fused-ring (bicyclic) bond motifs is 2. The van der Waals surface area contributed by atoms with E-state index < -0.39 is 0 Å². The van der Waals surface area contributed by atoms with Crippen molar-refractivity contribution in [2.45, 2.75) is 44.7 Å². The van der Waals surface area contributed by atoms with Crippen molar-refractivity contribution in [1.29, 1.82) is 0 Å². The second kappa shape index (κ2) is 5.00. The second-order valence-electron chi connectivity index (χ2n) is 4.96. The molecule has 2 heterocycles.